The first-order valence-corrected chi connectivity index (χ1v) is 6.86. The SMILES string of the molecule is CNC1CCCN(C(=O)C2CCCC(F)(F)C2)C1. The average molecular weight is 260 g/mol. The van der Waals surface area contributed by atoms with Crippen LogP contribution in [0.1, 0.15) is 38.5 Å². The lowest BCUT2D eigenvalue weighted by molar-refractivity contribution is -0.144. The van der Waals surface area contributed by atoms with E-state index in [0.717, 1.165) is 19.4 Å². The number of nitrogens with zero attached hydrogens (tertiary/aromatic N) is 1. The highest BCUT2D eigenvalue weighted by Crippen LogP contribution is 2.37. The maximum absolute atomic E-state index is 13.3. The number of amides is 1. The van der Waals surface area contributed by atoms with Gasteiger partial charge in [-0.05, 0) is 32.7 Å². The first-order valence-electron chi connectivity index (χ1n) is 6.86. The van der Waals surface area contributed by atoms with E-state index in [0.29, 0.717) is 25.4 Å². The Morgan fingerprint density at radius 1 is 1.33 bits per heavy atom. The molecule has 18 heavy (non-hydrogen) atoms. The van der Waals surface area contributed by atoms with E-state index in [9.17, 15) is 13.6 Å². The third-order valence-corrected chi connectivity index (χ3v) is 4.13. The molecule has 1 N–H and O–H groups in total. The molecular formula is C13H22F2N2O. The highest BCUT2D eigenvalue weighted by molar-refractivity contribution is 5.79. The van der Waals surface area contributed by atoms with E-state index in [1.807, 2.05) is 7.05 Å². The van der Waals surface area contributed by atoms with E-state index in [-0.39, 0.29) is 18.7 Å². The molecule has 1 heterocycles. The Balaban J connectivity index is 1.94. The molecule has 2 fully saturated rings. The number of rotatable bonds is 2. The maximum Gasteiger partial charge on any atom is 0.248 e. The second-order valence-corrected chi connectivity index (χ2v) is 5.56. The minimum Gasteiger partial charge on any atom is -0.341 e. The summed E-state index contributed by atoms with van der Waals surface area (Å²) in [4.78, 5) is 14.0. The van der Waals surface area contributed by atoms with Crippen LogP contribution in [0.4, 0.5) is 8.78 Å². The van der Waals surface area contributed by atoms with Crippen molar-refractivity contribution in [2.24, 2.45) is 5.92 Å². The Morgan fingerprint density at radius 2 is 2.11 bits per heavy atom. The van der Waals surface area contributed by atoms with Gasteiger partial charge in [0.05, 0.1) is 0 Å². The van der Waals surface area contributed by atoms with Crippen LogP contribution in [0.15, 0.2) is 0 Å². The van der Waals surface area contributed by atoms with Crippen molar-refractivity contribution in [1.29, 1.82) is 0 Å². The van der Waals surface area contributed by atoms with Crippen molar-refractivity contribution in [2.75, 3.05) is 20.1 Å². The number of hydrogen-bond acceptors (Lipinski definition) is 2. The number of hydrogen-bond donors (Lipinski definition) is 1. The van der Waals surface area contributed by atoms with Crippen LogP contribution in [-0.2, 0) is 4.79 Å². The Hall–Kier alpha value is -0.710. The van der Waals surface area contributed by atoms with E-state index in [1.165, 1.54) is 0 Å². The molecule has 5 heteroatoms. The molecule has 2 unspecified atom stereocenters. The standard InChI is InChI=1S/C13H22F2N2O/c1-16-11-5-3-7-17(9-11)12(18)10-4-2-6-13(14,15)8-10/h10-11,16H,2-9H2,1H3. The van der Waals surface area contributed by atoms with Gasteiger partial charge in [0.25, 0.3) is 0 Å². The van der Waals surface area contributed by atoms with E-state index in [1.54, 1.807) is 4.90 Å². The van der Waals surface area contributed by atoms with Crippen LogP contribution < -0.4 is 5.32 Å². The predicted molar refractivity (Wildman–Crippen MR) is 65.6 cm³/mol. The largest absolute Gasteiger partial charge is 0.341 e. The molecule has 0 aromatic rings. The molecule has 0 spiro atoms. The summed E-state index contributed by atoms with van der Waals surface area (Å²) in [5.41, 5.74) is 0. The monoisotopic (exact) mass is 260 g/mol. The molecule has 104 valence electrons. The summed E-state index contributed by atoms with van der Waals surface area (Å²) in [6.07, 6.45) is 2.78. The molecule has 0 aromatic carbocycles. The third-order valence-electron chi connectivity index (χ3n) is 4.13. The second-order valence-electron chi connectivity index (χ2n) is 5.56. The van der Waals surface area contributed by atoms with E-state index >= 15 is 0 Å². The molecule has 0 radical (unpaired) electrons. The molecule has 3 nitrogen and oxygen atoms in total. The third kappa shape index (κ3) is 3.19. The zero-order chi connectivity index (χ0) is 13.2. The van der Waals surface area contributed by atoms with Crippen LogP contribution >= 0.6 is 0 Å². The Labute approximate surface area is 107 Å². The van der Waals surface area contributed by atoms with Crippen molar-refractivity contribution in [3.05, 3.63) is 0 Å². The number of piperidine rings is 1. The van der Waals surface area contributed by atoms with E-state index in [4.69, 9.17) is 0 Å². The van der Waals surface area contributed by atoms with Crippen molar-refractivity contribution in [2.45, 2.75) is 50.5 Å². The summed E-state index contributed by atoms with van der Waals surface area (Å²) < 4.78 is 26.7. The van der Waals surface area contributed by atoms with Gasteiger partial charge in [0.15, 0.2) is 0 Å². The van der Waals surface area contributed by atoms with E-state index < -0.39 is 11.8 Å². The fourth-order valence-corrected chi connectivity index (χ4v) is 3.05. The minimum atomic E-state index is -2.64. The van der Waals surface area contributed by atoms with Gasteiger partial charge in [-0.15, -0.1) is 0 Å². The van der Waals surface area contributed by atoms with Crippen molar-refractivity contribution < 1.29 is 13.6 Å². The fraction of sp³-hybridized carbons (Fsp3) is 0.923. The van der Waals surface area contributed by atoms with Gasteiger partial charge in [0, 0.05) is 37.9 Å². The minimum absolute atomic E-state index is 0.0596. The van der Waals surface area contributed by atoms with Gasteiger partial charge in [-0.2, -0.15) is 0 Å². The van der Waals surface area contributed by atoms with Gasteiger partial charge in [-0.1, -0.05) is 0 Å². The van der Waals surface area contributed by atoms with E-state index in [2.05, 4.69) is 5.32 Å². The summed E-state index contributed by atoms with van der Waals surface area (Å²) in [5, 5.41) is 3.17. The zero-order valence-electron chi connectivity index (χ0n) is 10.9. The molecule has 2 rings (SSSR count). The molecule has 1 saturated carbocycles. The predicted octanol–water partition coefficient (Wildman–Crippen LogP) is 2.02. The summed E-state index contributed by atoms with van der Waals surface area (Å²) >= 11 is 0. The van der Waals surface area contributed by atoms with Gasteiger partial charge < -0.3 is 10.2 Å². The van der Waals surface area contributed by atoms with Gasteiger partial charge in [0.1, 0.15) is 0 Å². The van der Waals surface area contributed by atoms with Crippen LogP contribution in [-0.4, -0.2) is 42.9 Å². The first-order chi connectivity index (χ1) is 8.52. The van der Waals surface area contributed by atoms with Gasteiger partial charge in [-0.3, -0.25) is 4.79 Å². The molecule has 2 atom stereocenters. The second kappa shape index (κ2) is 5.51. The topological polar surface area (TPSA) is 32.3 Å². The number of nitrogens with one attached hydrogen (secondary N) is 1. The normalized spacial score (nSPS) is 32.3. The number of likely N-dealkylation sites (N-methyl/N-ethyl adjacent to an activating group) is 1. The van der Waals surface area contributed by atoms with Gasteiger partial charge in [0.2, 0.25) is 11.8 Å². The van der Waals surface area contributed by atoms with Crippen molar-refractivity contribution in [1.82, 2.24) is 10.2 Å². The Morgan fingerprint density at radius 3 is 2.78 bits per heavy atom. The van der Waals surface area contributed by atoms with Gasteiger partial charge in [-0.25, -0.2) is 8.78 Å². The van der Waals surface area contributed by atoms with Crippen molar-refractivity contribution in [3.63, 3.8) is 0 Å². The number of carbonyl (C=O) groups is 1. The van der Waals surface area contributed by atoms with Crippen molar-refractivity contribution >= 4 is 5.91 Å². The highest BCUT2D eigenvalue weighted by Gasteiger charge is 2.40. The molecule has 1 saturated heterocycles. The zero-order valence-corrected chi connectivity index (χ0v) is 10.9. The molecule has 2 aliphatic rings. The van der Waals surface area contributed by atoms with Gasteiger partial charge >= 0.3 is 0 Å². The fourth-order valence-electron chi connectivity index (χ4n) is 3.05. The number of likely N-dealkylation sites (tertiary alicyclic amines) is 1. The first kappa shape index (κ1) is 13.7. The molecular weight excluding hydrogens is 238 g/mol. The summed E-state index contributed by atoms with van der Waals surface area (Å²) in [6, 6.07) is 0.312. The molecule has 0 aromatic heterocycles. The average Bonchev–Trinajstić information content (AvgIpc) is 2.37. The van der Waals surface area contributed by atoms with Crippen LogP contribution in [0.25, 0.3) is 0 Å². The maximum atomic E-state index is 13.3. The molecule has 1 aliphatic carbocycles. The molecule has 0 bridgehead atoms. The van der Waals surface area contributed by atoms with Crippen molar-refractivity contribution in [3.8, 4) is 0 Å². The summed E-state index contributed by atoms with van der Waals surface area (Å²) in [5.74, 6) is -3.17. The Kier molecular flexibility index (Phi) is 4.20. The lowest BCUT2D eigenvalue weighted by Crippen LogP contribution is -2.49. The number of alkyl halides is 2. The molecule has 1 amide bonds. The quantitative estimate of drug-likeness (QED) is 0.824. The van der Waals surface area contributed by atoms with Crippen LogP contribution in [0, 0.1) is 5.92 Å². The lowest BCUT2D eigenvalue weighted by Gasteiger charge is -2.37. The lowest BCUT2D eigenvalue weighted by atomic mass is 9.85. The highest BCUT2D eigenvalue weighted by atomic mass is 19.3. The number of carbonyl (C=O) groups excluding carboxylic acids is 1. The summed E-state index contributed by atoms with van der Waals surface area (Å²) in [7, 11) is 1.88. The van der Waals surface area contributed by atoms with Crippen LogP contribution in [0.2, 0.25) is 0 Å². The smallest absolute Gasteiger partial charge is 0.248 e. The molecule has 1 aliphatic heterocycles. The van der Waals surface area contributed by atoms with Crippen LogP contribution in [0.5, 0.6) is 0 Å². The number of halogens is 2. The Bertz CT molecular complexity index is 309. The summed E-state index contributed by atoms with van der Waals surface area (Å²) in [6.45, 7) is 1.39. The van der Waals surface area contributed by atoms with Crippen LogP contribution in [0.3, 0.4) is 0 Å².